The Bertz CT molecular complexity index is 1110. The number of benzene rings is 2. The van der Waals surface area contributed by atoms with Gasteiger partial charge in [0.05, 0.1) is 5.69 Å². The second kappa shape index (κ2) is 7.07. The summed E-state index contributed by atoms with van der Waals surface area (Å²) in [4.78, 5) is 14.9. The number of nitrogens with zero attached hydrogens (tertiary/aromatic N) is 2. The van der Waals surface area contributed by atoms with E-state index >= 15 is 0 Å². The third-order valence-corrected chi connectivity index (χ3v) is 8.17. The number of para-hydroxylation sites is 1. The molecule has 0 bridgehead atoms. The minimum Gasteiger partial charge on any atom is -0.305 e. The highest BCUT2D eigenvalue weighted by Crippen LogP contribution is 2.33. The lowest BCUT2D eigenvalue weighted by molar-refractivity contribution is 0.0981. The normalized spacial score (nSPS) is 16.1. The molecule has 0 fully saturated rings. The van der Waals surface area contributed by atoms with Gasteiger partial charge in [0.25, 0.3) is 15.9 Å². The summed E-state index contributed by atoms with van der Waals surface area (Å²) < 4.78 is 26.9. The first-order chi connectivity index (χ1) is 13.4. The second-order valence-corrected chi connectivity index (χ2v) is 9.95. The van der Waals surface area contributed by atoms with Crippen molar-refractivity contribution in [2.75, 3.05) is 16.3 Å². The van der Waals surface area contributed by atoms with Gasteiger partial charge in [0.2, 0.25) is 0 Å². The molecule has 0 radical (unpaired) electrons. The molecule has 4 rings (SSSR count). The topological polar surface area (TPSA) is 57.7 Å². The lowest BCUT2D eigenvalue weighted by Gasteiger charge is -2.23. The number of thiophene rings is 1. The van der Waals surface area contributed by atoms with E-state index in [1.54, 1.807) is 41.8 Å². The Kier molecular flexibility index (Phi) is 4.72. The average molecular weight is 413 g/mol. The molecule has 2 aromatic carbocycles. The fourth-order valence-corrected chi connectivity index (χ4v) is 5.87. The van der Waals surface area contributed by atoms with Gasteiger partial charge in [-0.25, -0.2) is 8.42 Å². The van der Waals surface area contributed by atoms with Gasteiger partial charge in [-0.3, -0.25) is 9.10 Å². The number of fused-ring (bicyclic) bond motifs is 1. The van der Waals surface area contributed by atoms with Crippen LogP contribution in [0.3, 0.4) is 0 Å². The van der Waals surface area contributed by atoms with Crippen LogP contribution in [0, 0.1) is 0 Å². The molecule has 28 heavy (non-hydrogen) atoms. The average Bonchev–Trinajstić information content (AvgIpc) is 3.34. The number of carbonyl (C=O) groups excluding carboxylic acids is 1. The number of amides is 1. The molecule has 1 atom stereocenters. The van der Waals surface area contributed by atoms with Crippen molar-refractivity contribution in [2.45, 2.75) is 23.6 Å². The highest BCUT2D eigenvalue weighted by molar-refractivity contribution is 7.94. The van der Waals surface area contributed by atoms with E-state index in [0.29, 0.717) is 11.3 Å². The molecule has 5 nitrogen and oxygen atoms in total. The highest BCUT2D eigenvalue weighted by Gasteiger charge is 2.31. The fourth-order valence-electron chi connectivity index (χ4n) is 3.51. The van der Waals surface area contributed by atoms with Crippen LogP contribution >= 0.6 is 11.3 Å². The van der Waals surface area contributed by atoms with Gasteiger partial charge in [-0.05, 0) is 60.7 Å². The largest absolute Gasteiger partial charge is 0.305 e. The third-order valence-electron chi connectivity index (χ3n) is 5.01. The van der Waals surface area contributed by atoms with Gasteiger partial charge in [0, 0.05) is 24.3 Å². The molecule has 0 unspecified atom stereocenters. The van der Waals surface area contributed by atoms with Crippen LogP contribution in [0.5, 0.6) is 0 Å². The number of carbonyl (C=O) groups is 1. The van der Waals surface area contributed by atoms with Crippen LogP contribution in [-0.4, -0.2) is 27.4 Å². The molecule has 3 aromatic rings. The quantitative estimate of drug-likeness (QED) is 0.646. The highest BCUT2D eigenvalue weighted by atomic mass is 32.2. The maximum absolute atomic E-state index is 13.1. The minimum absolute atomic E-state index is 0.0761. The predicted octanol–water partition coefficient (Wildman–Crippen LogP) is 4.16. The van der Waals surface area contributed by atoms with Gasteiger partial charge >= 0.3 is 0 Å². The first-order valence-electron chi connectivity index (χ1n) is 8.93. The van der Waals surface area contributed by atoms with Crippen molar-refractivity contribution in [2.24, 2.45) is 0 Å². The summed E-state index contributed by atoms with van der Waals surface area (Å²) in [6.07, 6.45) is 0.835. The Labute approximate surface area is 168 Å². The maximum atomic E-state index is 13.1. The zero-order valence-electron chi connectivity index (χ0n) is 15.6. The van der Waals surface area contributed by atoms with Crippen molar-refractivity contribution in [1.82, 2.24) is 0 Å². The summed E-state index contributed by atoms with van der Waals surface area (Å²) >= 11 is 1.18. The second-order valence-electron chi connectivity index (χ2n) is 6.81. The van der Waals surface area contributed by atoms with Crippen molar-refractivity contribution in [3.05, 3.63) is 77.2 Å². The van der Waals surface area contributed by atoms with E-state index in [2.05, 4.69) is 0 Å². The van der Waals surface area contributed by atoms with Crippen LogP contribution < -0.4 is 9.21 Å². The van der Waals surface area contributed by atoms with E-state index in [1.165, 1.54) is 28.3 Å². The first kappa shape index (κ1) is 18.7. The van der Waals surface area contributed by atoms with Gasteiger partial charge in [0.1, 0.15) is 4.21 Å². The molecular formula is C21H20N2O3S2. The summed E-state index contributed by atoms with van der Waals surface area (Å²) in [5.41, 5.74) is 3.16. The summed E-state index contributed by atoms with van der Waals surface area (Å²) in [6, 6.07) is 18.0. The summed E-state index contributed by atoms with van der Waals surface area (Å²) in [6.45, 7) is 2.04. The van der Waals surface area contributed by atoms with Gasteiger partial charge in [-0.15, -0.1) is 11.3 Å². The lowest BCUT2D eigenvalue weighted by Crippen LogP contribution is -2.35. The molecule has 1 aliphatic rings. The van der Waals surface area contributed by atoms with E-state index < -0.39 is 10.0 Å². The molecule has 1 aliphatic heterocycles. The SMILES string of the molecule is C[C@@H]1Cc2ccccc2N1C(=O)c1ccc(N(C)S(=O)(=O)c2cccs2)cc1. The third kappa shape index (κ3) is 3.10. The molecule has 0 saturated heterocycles. The molecule has 0 N–H and O–H groups in total. The Hall–Kier alpha value is -2.64. The lowest BCUT2D eigenvalue weighted by atomic mass is 10.1. The van der Waals surface area contributed by atoms with Crippen molar-refractivity contribution < 1.29 is 13.2 Å². The summed E-state index contributed by atoms with van der Waals surface area (Å²) in [7, 11) is -2.07. The number of rotatable bonds is 4. The molecule has 1 amide bonds. The number of sulfonamides is 1. The van der Waals surface area contributed by atoms with Crippen LogP contribution in [0.25, 0.3) is 0 Å². The van der Waals surface area contributed by atoms with Gasteiger partial charge in [-0.1, -0.05) is 24.3 Å². The van der Waals surface area contributed by atoms with Crippen LogP contribution in [0.15, 0.2) is 70.3 Å². The molecule has 0 spiro atoms. The van der Waals surface area contributed by atoms with Crippen LogP contribution in [0.1, 0.15) is 22.8 Å². The Morgan fingerprint density at radius 3 is 2.46 bits per heavy atom. The molecule has 144 valence electrons. The molecular weight excluding hydrogens is 392 g/mol. The van der Waals surface area contributed by atoms with Crippen molar-refractivity contribution in [3.63, 3.8) is 0 Å². The van der Waals surface area contributed by atoms with Crippen molar-refractivity contribution in [1.29, 1.82) is 0 Å². The maximum Gasteiger partial charge on any atom is 0.273 e. The zero-order chi connectivity index (χ0) is 19.9. The van der Waals surface area contributed by atoms with E-state index in [-0.39, 0.29) is 16.2 Å². The molecule has 0 aliphatic carbocycles. The Morgan fingerprint density at radius 2 is 1.79 bits per heavy atom. The molecule has 2 heterocycles. The van der Waals surface area contributed by atoms with E-state index in [9.17, 15) is 13.2 Å². The van der Waals surface area contributed by atoms with Gasteiger partial charge in [-0.2, -0.15) is 0 Å². The summed E-state index contributed by atoms with van der Waals surface area (Å²) in [5, 5.41) is 1.73. The standard InChI is InChI=1S/C21H20N2O3S2/c1-15-14-17-6-3-4-7-19(17)23(15)21(24)16-9-11-18(12-10-16)22(2)28(25,26)20-8-5-13-27-20/h3-13,15H,14H2,1-2H3/t15-/m1/s1. The van der Waals surface area contributed by atoms with E-state index in [1.807, 2.05) is 36.1 Å². The van der Waals surface area contributed by atoms with Crippen LogP contribution in [-0.2, 0) is 16.4 Å². The molecule has 1 aromatic heterocycles. The fraction of sp³-hybridized carbons (Fsp3) is 0.190. The minimum atomic E-state index is -3.59. The summed E-state index contributed by atoms with van der Waals surface area (Å²) in [5.74, 6) is -0.0761. The van der Waals surface area contributed by atoms with Crippen LogP contribution in [0.2, 0.25) is 0 Å². The first-order valence-corrected chi connectivity index (χ1v) is 11.3. The monoisotopic (exact) mass is 412 g/mol. The Balaban J connectivity index is 1.59. The van der Waals surface area contributed by atoms with E-state index in [4.69, 9.17) is 0 Å². The Morgan fingerprint density at radius 1 is 1.07 bits per heavy atom. The van der Waals surface area contributed by atoms with Crippen LogP contribution in [0.4, 0.5) is 11.4 Å². The molecule has 0 saturated carbocycles. The van der Waals surface area contributed by atoms with Gasteiger partial charge < -0.3 is 4.90 Å². The zero-order valence-corrected chi connectivity index (χ0v) is 17.2. The number of anilines is 2. The van der Waals surface area contributed by atoms with Crippen molar-refractivity contribution >= 4 is 38.6 Å². The van der Waals surface area contributed by atoms with Crippen molar-refractivity contribution in [3.8, 4) is 0 Å². The molecule has 7 heteroatoms. The van der Waals surface area contributed by atoms with E-state index in [0.717, 1.165) is 12.1 Å². The van der Waals surface area contributed by atoms with Gasteiger partial charge in [0.15, 0.2) is 0 Å². The number of hydrogen-bond donors (Lipinski definition) is 0. The number of hydrogen-bond acceptors (Lipinski definition) is 4. The predicted molar refractivity (Wildman–Crippen MR) is 113 cm³/mol. The smallest absolute Gasteiger partial charge is 0.273 e.